The second-order valence-electron chi connectivity index (χ2n) is 4.11. The van der Waals surface area contributed by atoms with Gasteiger partial charge in [-0.1, -0.05) is 17.7 Å². The van der Waals surface area contributed by atoms with Crippen molar-refractivity contribution in [3.63, 3.8) is 0 Å². The van der Waals surface area contributed by atoms with Crippen molar-refractivity contribution in [3.8, 4) is 11.5 Å². The molecule has 3 nitrogen and oxygen atoms in total. The van der Waals surface area contributed by atoms with Gasteiger partial charge < -0.3 is 14.8 Å². The molecular formula is C14H12ClNO2. The third kappa shape index (κ3) is 1.97. The van der Waals surface area contributed by atoms with Crippen molar-refractivity contribution in [2.75, 3.05) is 12.1 Å². The minimum absolute atomic E-state index is 0.287. The Kier molecular flexibility index (Phi) is 2.76. The molecule has 1 heterocycles. The summed E-state index contributed by atoms with van der Waals surface area (Å²) >= 11 is 6.09. The molecule has 4 heteroatoms. The SMILES string of the molecule is Cc1c(Cl)cccc1Nc1ccc2c(c1)OCO2. The van der Waals surface area contributed by atoms with Gasteiger partial charge in [0.1, 0.15) is 0 Å². The molecule has 18 heavy (non-hydrogen) atoms. The third-order valence-corrected chi connectivity index (χ3v) is 3.33. The predicted octanol–water partition coefficient (Wildman–Crippen LogP) is 4.12. The van der Waals surface area contributed by atoms with E-state index in [1.165, 1.54) is 0 Å². The molecule has 1 N–H and O–H groups in total. The molecule has 1 aliphatic rings. The topological polar surface area (TPSA) is 30.5 Å². The van der Waals surface area contributed by atoms with E-state index in [0.717, 1.165) is 33.5 Å². The highest BCUT2D eigenvalue weighted by Gasteiger charge is 2.13. The highest BCUT2D eigenvalue weighted by molar-refractivity contribution is 6.31. The molecule has 0 aliphatic carbocycles. The molecule has 0 aromatic heterocycles. The van der Waals surface area contributed by atoms with Gasteiger partial charge >= 0.3 is 0 Å². The van der Waals surface area contributed by atoms with Gasteiger partial charge in [-0.3, -0.25) is 0 Å². The molecule has 3 rings (SSSR count). The Hall–Kier alpha value is -1.87. The summed E-state index contributed by atoms with van der Waals surface area (Å²) in [5.74, 6) is 1.54. The quantitative estimate of drug-likeness (QED) is 0.882. The van der Waals surface area contributed by atoms with E-state index < -0.39 is 0 Å². The first-order valence-corrected chi connectivity index (χ1v) is 6.03. The van der Waals surface area contributed by atoms with Crippen LogP contribution in [0.3, 0.4) is 0 Å². The van der Waals surface area contributed by atoms with Crippen molar-refractivity contribution >= 4 is 23.0 Å². The Morgan fingerprint density at radius 2 is 1.94 bits per heavy atom. The molecule has 0 fully saturated rings. The molecular weight excluding hydrogens is 250 g/mol. The van der Waals surface area contributed by atoms with Crippen LogP contribution in [0.1, 0.15) is 5.56 Å². The summed E-state index contributed by atoms with van der Waals surface area (Å²) in [6.07, 6.45) is 0. The number of hydrogen-bond acceptors (Lipinski definition) is 3. The van der Waals surface area contributed by atoms with Crippen LogP contribution in [0.25, 0.3) is 0 Å². The lowest BCUT2D eigenvalue weighted by Gasteiger charge is -2.11. The summed E-state index contributed by atoms with van der Waals surface area (Å²) in [6.45, 7) is 2.27. The van der Waals surface area contributed by atoms with E-state index in [-0.39, 0.29) is 6.79 Å². The predicted molar refractivity (Wildman–Crippen MR) is 72.0 cm³/mol. The van der Waals surface area contributed by atoms with Crippen molar-refractivity contribution in [3.05, 3.63) is 47.0 Å². The lowest BCUT2D eigenvalue weighted by molar-refractivity contribution is 0.174. The average molecular weight is 262 g/mol. The zero-order valence-corrected chi connectivity index (χ0v) is 10.6. The van der Waals surface area contributed by atoms with E-state index in [4.69, 9.17) is 21.1 Å². The molecule has 0 spiro atoms. The maximum absolute atomic E-state index is 6.09. The largest absolute Gasteiger partial charge is 0.454 e. The Labute approximate surface area is 110 Å². The fourth-order valence-electron chi connectivity index (χ4n) is 1.87. The number of hydrogen-bond donors (Lipinski definition) is 1. The van der Waals surface area contributed by atoms with E-state index >= 15 is 0 Å². The van der Waals surface area contributed by atoms with Crippen molar-refractivity contribution in [2.24, 2.45) is 0 Å². The van der Waals surface area contributed by atoms with Gasteiger partial charge in [-0.25, -0.2) is 0 Å². The smallest absolute Gasteiger partial charge is 0.231 e. The van der Waals surface area contributed by atoms with Gasteiger partial charge in [0.25, 0.3) is 0 Å². The minimum atomic E-state index is 0.287. The van der Waals surface area contributed by atoms with Crippen molar-refractivity contribution in [2.45, 2.75) is 6.92 Å². The molecule has 0 radical (unpaired) electrons. The van der Waals surface area contributed by atoms with E-state index in [2.05, 4.69) is 5.32 Å². The summed E-state index contributed by atoms with van der Waals surface area (Å²) in [4.78, 5) is 0. The highest BCUT2D eigenvalue weighted by Crippen LogP contribution is 2.35. The lowest BCUT2D eigenvalue weighted by atomic mass is 10.2. The lowest BCUT2D eigenvalue weighted by Crippen LogP contribution is -1.94. The number of benzene rings is 2. The van der Waals surface area contributed by atoms with Crippen LogP contribution >= 0.6 is 11.6 Å². The minimum Gasteiger partial charge on any atom is -0.454 e. The number of rotatable bonds is 2. The monoisotopic (exact) mass is 261 g/mol. The van der Waals surface area contributed by atoms with Crippen molar-refractivity contribution in [1.82, 2.24) is 0 Å². The molecule has 0 unspecified atom stereocenters. The third-order valence-electron chi connectivity index (χ3n) is 2.92. The standard InChI is InChI=1S/C14H12ClNO2/c1-9-11(15)3-2-4-12(9)16-10-5-6-13-14(7-10)18-8-17-13/h2-7,16H,8H2,1H3. The Morgan fingerprint density at radius 1 is 1.11 bits per heavy atom. The summed E-state index contributed by atoms with van der Waals surface area (Å²) in [6, 6.07) is 11.6. The first kappa shape index (κ1) is 11.2. The average Bonchev–Trinajstić information content (AvgIpc) is 2.82. The fourth-order valence-corrected chi connectivity index (χ4v) is 2.05. The van der Waals surface area contributed by atoms with Crippen LogP contribution in [0.15, 0.2) is 36.4 Å². The van der Waals surface area contributed by atoms with Crippen LogP contribution in [-0.2, 0) is 0 Å². The maximum Gasteiger partial charge on any atom is 0.231 e. The van der Waals surface area contributed by atoms with Gasteiger partial charge in [0.15, 0.2) is 11.5 Å². The van der Waals surface area contributed by atoms with E-state index in [0.29, 0.717) is 0 Å². The van der Waals surface area contributed by atoms with E-state index in [9.17, 15) is 0 Å². The molecule has 2 aromatic rings. The maximum atomic E-state index is 6.09. The molecule has 1 aliphatic heterocycles. The van der Waals surface area contributed by atoms with Gasteiger partial charge in [0.2, 0.25) is 6.79 Å². The highest BCUT2D eigenvalue weighted by atomic mass is 35.5. The Bertz CT molecular complexity index is 598. The summed E-state index contributed by atoms with van der Waals surface area (Å²) in [7, 11) is 0. The molecule has 0 bridgehead atoms. The number of fused-ring (bicyclic) bond motifs is 1. The summed E-state index contributed by atoms with van der Waals surface area (Å²) in [5.41, 5.74) is 2.96. The zero-order valence-electron chi connectivity index (χ0n) is 9.87. The van der Waals surface area contributed by atoms with Gasteiger partial charge in [0, 0.05) is 22.5 Å². The normalized spacial score (nSPS) is 12.6. The first-order chi connectivity index (χ1) is 8.74. The van der Waals surface area contributed by atoms with Crippen LogP contribution in [0, 0.1) is 6.92 Å². The molecule has 0 amide bonds. The van der Waals surface area contributed by atoms with Crippen molar-refractivity contribution < 1.29 is 9.47 Å². The Morgan fingerprint density at radius 3 is 2.83 bits per heavy atom. The summed E-state index contributed by atoms with van der Waals surface area (Å²) in [5, 5.41) is 4.07. The first-order valence-electron chi connectivity index (χ1n) is 5.66. The van der Waals surface area contributed by atoms with Crippen LogP contribution in [0.5, 0.6) is 11.5 Å². The second kappa shape index (κ2) is 4.42. The molecule has 0 saturated heterocycles. The molecule has 92 valence electrons. The van der Waals surface area contributed by atoms with Gasteiger partial charge in [-0.15, -0.1) is 0 Å². The number of ether oxygens (including phenoxy) is 2. The van der Waals surface area contributed by atoms with Gasteiger partial charge in [-0.05, 0) is 36.8 Å². The van der Waals surface area contributed by atoms with Gasteiger partial charge in [0.05, 0.1) is 0 Å². The number of halogens is 1. The zero-order chi connectivity index (χ0) is 12.5. The van der Waals surface area contributed by atoms with E-state index in [1.54, 1.807) is 0 Å². The number of anilines is 2. The fraction of sp³-hybridized carbons (Fsp3) is 0.143. The molecule has 0 atom stereocenters. The molecule has 0 saturated carbocycles. The van der Waals surface area contributed by atoms with E-state index in [1.807, 2.05) is 43.3 Å². The number of nitrogens with one attached hydrogen (secondary N) is 1. The van der Waals surface area contributed by atoms with Crippen LogP contribution in [0.4, 0.5) is 11.4 Å². The Balaban J connectivity index is 1.90. The van der Waals surface area contributed by atoms with Crippen LogP contribution in [-0.4, -0.2) is 6.79 Å². The van der Waals surface area contributed by atoms with Gasteiger partial charge in [-0.2, -0.15) is 0 Å². The summed E-state index contributed by atoms with van der Waals surface area (Å²) < 4.78 is 10.6. The second-order valence-corrected chi connectivity index (χ2v) is 4.51. The van der Waals surface area contributed by atoms with Crippen molar-refractivity contribution in [1.29, 1.82) is 0 Å². The van der Waals surface area contributed by atoms with Crippen LogP contribution < -0.4 is 14.8 Å². The van der Waals surface area contributed by atoms with Crippen LogP contribution in [0.2, 0.25) is 5.02 Å². The molecule has 2 aromatic carbocycles.